The van der Waals surface area contributed by atoms with E-state index in [0.717, 1.165) is 23.4 Å². The van der Waals surface area contributed by atoms with Crippen molar-refractivity contribution >= 4 is 0 Å². The van der Waals surface area contributed by atoms with E-state index in [2.05, 4.69) is 60.8 Å². The molecule has 0 aliphatic carbocycles. The molecule has 0 bridgehead atoms. The molecule has 0 amide bonds. The third-order valence-corrected chi connectivity index (χ3v) is 4.32. The first-order valence-electron chi connectivity index (χ1n) is 8.83. The van der Waals surface area contributed by atoms with Crippen LogP contribution >= 0.6 is 0 Å². The van der Waals surface area contributed by atoms with Crippen LogP contribution < -0.4 is 10.1 Å². The molecule has 3 rings (SSSR count). The molecule has 3 aromatic rings. The van der Waals surface area contributed by atoms with Crippen LogP contribution in [-0.2, 0) is 11.3 Å². The van der Waals surface area contributed by atoms with Gasteiger partial charge in [0.1, 0.15) is 11.9 Å². The Kier molecular flexibility index (Phi) is 6.42. The molecule has 0 aliphatic heterocycles. The number of ether oxygens (including phenoxy) is 2. The van der Waals surface area contributed by atoms with E-state index in [4.69, 9.17) is 9.47 Å². The van der Waals surface area contributed by atoms with Gasteiger partial charge in [0.05, 0.1) is 13.8 Å². The van der Waals surface area contributed by atoms with Crippen LogP contribution in [-0.4, -0.2) is 13.8 Å². The lowest BCUT2D eigenvalue weighted by atomic mass is 10.0. The summed E-state index contributed by atoms with van der Waals surface area (Å²) in [6.45, 7) is 3.32. The first-order valence-corrected chi connectivity index (χ1v) is 8.83. The average Bonchev–Trinajstić information content (AvgIpc) is 2.70. The number of hydrogen-bond acceptors (Lipinski definition) is 3. The standard InChI is InChI=1S/C23H25NO2/c1-18-8-12-21(13-9-18)23(20-6-4-3-5-7-20)26-17-24-16-19-10-14-22(25-2)15-11-19/h3-15,23-24H,16-17H2,1-2H3. The van der Waals surface area contributed by atoms with Crippen LogP contribution in [0.2, 0.25) is 0 Å². The van der Waals surface area contributed by atoms with Crippen molar-refractivity contribution in [3.8, 4) is 5.75 Å². The molecule has 0 saturated carbocycles. The van der Waals surface area contributed by atoms with Gasteiger partial charge in [0.15, 0.2) is 0 Å². The zero-order chi connectivity index (χ0) is 18.2. The molecule has 0 heterocycles. The van der Waals surface area contributed by atoms with Crippen molar-refractivity contribution in [2.24, 2.45) is 0 Å². The molecule has 1 N–H and O–H groups in total. The fourth-order valence-corrected chi connectivity index (χ4v) is 2.83. The Bertz CT molecular complexity index is 783. The molecular formula is C23H25NO2. The van der Waals surface area contributed by atoms with Gasteiger partial charge in [0, 0.05) is 6.54 Å². The molecule has 0 spiro atoms. The Labute approximate surface area is 155 Å². The van der Waals surface area contributed by atoms with E-state index >= 15 is 0 Å². The molecule has 1 unspecified atom stereocenters. The summed E-state index contributed by atoms with van der Waals surface area (Å²) in [6, 6.07) is 26.9. The number of aryl methyl sites for hydroxylation is 1. The van der Waals surface area contributed by atoms with Crippen molar-refractivity contribution < 1.29 is 9.47 Å². The molecule has 0 radical (unpaired) electrons. The molecule has 1 atom stereocenters. The summed E-state index contributed by atoms with van der Waals surface area (Å²) in [5.74, 6) is 0.869. The van der Waals surface area contributed by atoms with Gasteiger partial charge in [-0.2, -0.15) is 0 Å². The van der Waals surface area contributed by atoms with Gasteiger partial charge in [0.25, 0.3) is 0 Å². The summed E-state index contributed by atoms with van der Waals surface area (Å²) in [5.41, 5.74) is 4.76. The highest BCUT2D eigenvalue weighted by Gasteiger charge is 2.14. The van der Waals surface area contributed by atoms with E-state index in [9.17, 15) is 0 Å². The van der Waals surface area contributed by atoms with Crippen LogP contribution in [0.4, 0.5) is 0 Å². The Balaban J connectivity index is 1.61. The van der Waals surface area contributed by atoms with Gasteiger partial charge >= 0.3 is 0 Å². The van der Waals surface area contributed by atoms with E-state index in [0.29, 0.717) is 6.73 Å². The topological polar surface area (TPSA) is 30.5 Å². The van der Waals surface area contributed by atoms with Crippen molar-refractivity contribution in [3.05, 3.63) is 101 Å². The normalized spacial score (nSPS) is 11.9. The zero-order valence-corrected chi connectivity index (χ0v) is 15.3. The molecule has 0 saturated heterocycles. The molecule has 3 heteroatoms. The van der Waals surface area contributed by atoms with Crippen molar-refractivity contribution in [3.63, 3.8) is 0 Å². The predicted octanol–water partition coefficient (Wildman–Crippen LogP) is 4.86. The minimum Gasteiger partial charge on any atom is -0.497 e. The van der Waals surface area contributed by atoms with Crippen LogP contribution in [0.3, 0.4) is 0 Å². The lowest BCUT2D eigenvalue weighted by Crippen LogP contribution is -2.20. The summed E-state index contributed by atoms with van der Waals surface area (Å²) in [5, 5.41) is 3.36. The number of hydrogen-bond donors (Lipinski definition) is 1. The molecule has 134 valence electrons. The van der Waals surface area contributed by atoms with Gasteiger partial charge < -0.3 is 9.47 Å². The Morgan fingerprint density at radius 2 is 1.46 bits per heavy atom. The Morgan fingerprint density at radius 3 is 2.12 bits per heavy atom. The monoisotopic (exact) mass is 347 g/mol. The summed E-state index contributed by atoms with van der Waals surface area (Å²) in [7, 11) is 1.68. The lowest BCUT2D eigenvalue weighted by molar-refractivity contribution is 0.0646. The summed E-state index contributed by atoms with van der Waals surface area (Å²) in [6.07, 6.45) is -0.0832. The largest absolute Gasteiger partial charge is 0.497 e. The van der Waals surface area contributed by atoms with Crippen LogP contribution in [0.25, 0.3) is 0 Å². The second-order valence-electron chi connectivity index (χ2n) is 6.29. The van der Waals surface area contributed by atoms with E-state index in [1.807, 2.05) is 30.3 Å². The average molecular weight is 347 g/mol. The van der Waals surface area contributed by atoms with E-state index in [-0.39, 0.29) is 6.10 Å². The first-order chi connectivity index (χ1) is 12.8. The Morgan fingerprint density at radius 1 is 0.808 bits per heavy atom. The Hall–Kier alpha value is -2.62. The molecule has 26 heavy (non-hydrogen) atoms. The number of rotatable bonds is 8. The summed E-state index contributed by atoms with van der Waals surface area (Å²) in [4.78, 5) is 0. The van der Waals surface area contributed by atoms with E-state index < -0.39 is 0 Å². The molecular weight excluding hydrogens is 322 g/mol. The zero-order valence-electron chi connectivity index (χ0n) is 15.3. The molecule has 0 fully saturated rings. The SMILES string of the molecule is COc1ccc(CNCOC(c2ccccc2)c2ccc(C)cc2)cc1. The molecule has 3 aromatic carbocycles. The van der Waals surface area contributed by atoms with Crippen LogP contribution in [0.1, 0.15) is 28.4 Å². The lowest BCUT2D eigenvalue weighted by Gasteiger charge is -2.19. The maximum Gasteiger partial charge on any atom is 0.118 e. The second kappa shape index (κ2) is 9.18. The third kappa shape index (κ3) is 4.94. The smallest absolute Gasteiger partial charge is 0.118 e. The highest BCUT2D eigenvalue weighted by atomic mass is 16.5. The van der Waals surface area contributed by atoms with Crippen molar-refractivity contribution in [1.82, 2.24) is 5.32 Å². The third-order valence-electron chi connectivity index (χ3n) is 4.32. The quantitative estimate of drug-likeness (QED) is 0.466. The number of nitrogens with one attached hydrogen (secondary N) is 1. The van der Waals surface area contributed by atoms with Crippen molar-refractivity contribution in [2.45, 2.75) is 19.6 Å². The fourth-order valence-electron chi connectivity index (χ4n) is 2.83. The number of methoxy groups -OCH3 is 1. The first kappa shape index (κ1) is 18.2. The van der Waals surface area contributed by atoms with Gasteiger partial charge in [0.2, 0.25) is 0 Å². The van der Waals surface area contributed by atoms with E-state index in [1.165, 1.54) is 11.1 Å². The molecule has 3 nitrogen and oxygen atoms in total. The van der Waals surface area contributed by atoms with Gasteiger partial charge in [-0.1, -0.05) is 72.3 Å². The van der Waals surface area contributed by atoms with Gasteiger partial charge in [-0.3, -0.25) is 5.32 Å². The van der Waals surface area contributed by atoms with E-state index in [1.54, 1.807) is 7.11 Å². The maximum absolute atomic E-state index is 6.18. The molecule has 0 aliphatic rings. The van der Waals surface area contributed by atoms with Crippen molar-refractivity contribution in [1.29, 1.82) is 0 Å². The van der Waals surface area contributed by atoms with Gasteiger partial charge in [-0.15, -0.1) is 0 Å². The number of benzene rings is 3. The minimum atomic E-state index is -0.0832. The van der Waals surface area contributed by atoms with Crippen LogP contribution in [0.5, 0.6) is 5.75 Å². The predicted molar refractivity (Wildman–Crippen MR) is 105 cm³/mol. The van der Waals surface area contributed by atoms with Crippen molar-refractivity contribution in [2.75, 3.05) is 13.8 Å². The minimum absolute atomic E-state index is 0.0832. The van der Waals surface area contributed by atoms with Gasteiger partial charge in [-0.05, 0) is 35.7 Å². The highest BCUT2D eigenvalue weighted by Crippen LogP contribution is 2.25. The van der Waals surface area contributed by atoms with Gasteiger partial charge in [-0.25, -0.2) is 0 Å². The van der Waals surface area contributed by atoms with Crippen LogP contribution in [0.15, 0.2) is 78.9 Å². The second-order valence-corrected chi connectivity index (χ2v) is 6.29. The molecule has 0 aromatic heterocycles. The maximum atomic E-state index is 6.18. The fraction of sp³-hybridized carbons (Fsp3) is 0.217. The highest BCUT2D eigenvalue weighted by molar-refractivity contribution is 5.32. The van der Waals surface area contributed by atoms with Crippen LogP contribution in [0, 0.1) is 6.92 Å². The summed E-state index contributed by atoms with van der Waals surface area (Å²) >= 11 is 0. The summed E-state index contributed by atoms with van der Waals surface area (Å²) < 4.78 is 11.4.